The topological polar surface area (TPSA) is 50.5 Å². The summed E-state index contributed by atoms with van der Waals surface area (Å²) in [4.78, 5) is 17.3. The Labute approximate surface area is 99.1 Å². The van der Waals surface area contributed by atoms with E-state index in [1.165, 1.54) is 0 Å². The van der Waals surface area contributed by atoms with Crippen molar-refractivity contribution >= 4 is 11.9 Å². The zero-order chi connectivity index (χ0) is 11.8. The highest BCUT2D eigenvalue weighted by molar-refractivity contribution is 5.73. The zero-order valence-corrected chi connectivity index (χ0v) is 9.71. The number of likely N-dealkylation sites (tertiary alicyclic amines) is 1. The lowest BCUT2D eigenvalue weighted by Gasteiger charge is -2.10. The fraction of sp³-hybridized carbons (Fsp3) is 0.417. The summed E-state index contributed by atoms with van der Waals surface area (Å²) in [5.74, 6) is 0.464. The van der Waals surface area contributed by atoms with E-state index in [1.807, 2.05) is 12.1 Å². The first-order valence-corrected chi connectivity index (χ1v) is 5.76. The molecule has 0 radical (unpaired) electrons. The van der Waals surface area contributed by atoms with Gasteiger partial charge < -0.3 is 4.90 Å². The number of fused-ring (bicyclic) bond motifs is 1. The van der Waals surface area contributed by atoms with Crippen molar-refractivity contribution in [3.63, 3.8) is 0 Å². The summed E-state index contributed by atoms with van der Waals surface area (Å²) in [6, 6.07) is 3.94. The van der Waals surface area contributed by atoms with Gasteiger partial charge in [-0.3, -0.25) is 4.79 Å². The number of imidazole rings is 1. The van der Waals surface area contributed by atoms with Crippen LogP contribution in [0.1, 0.15) is 28.5 Å². The third kappa shape index (κ3) is 1.72. The van der Waals surface area contributed by atoms with Gasteiger partial charge in [-0.2, -0.15) is 5.10 Å². The molecule has 88 valence electrons. The maximum atomic E-state index is 10.9. The van der Waals surface area contributed by atoms with Crippen LogP contribution in [0.15, 0.2) is 18.3 Å². The number of hydrogen-bond donors (Lipinski definition) is 0. The highest BCUT2D eigenvalue weighted by Gasteiger charge is 2.22. The smallest absolute Gasteiger partial charge is 0.170 e. The standard InChI is InChI=1S/C12H14N4O/c1-15-5-4-9(7-15)11-2-3-12-13-6-10(8-17)16(12)14-11/h2-3,6,8-9H,4-5,7H2,1H3. The van der Waals surface area contributed by atoms with Crippen LogP contribution in [0.5, 0.6) is 0 Å². The maximum absolute atomic E-state index is 10.9. The van der Waals surface area contributed by atoms with Crippen LogP contribution in [-0.2, 0) is 0 Å². The third-order valence-corrected chi connectivity index (χ3v) is 3.34. The molecule has 3 rings (SSSR count). The summed E-state index contributed by atoms with van der Waals surface area (Å²) in [7, 11) is 2.12. The first-order valence-electron chi connectivity index (χ1n) is 5.76. The Hall–Kier alpha value is -1.75. The fourth-order valence-corrected chi connectivity index (χ4v) is 2.38. The Bertz CT molecular complexity index is 563. The Morgan fingerprint density at radius 2 is 2.35 bits per heavy atom. The SMILES string of the molecule is CN1CCC(c2ccc3ncc(C=O)n3n2)C1. The predicted octanol–water partition coefficient (Wildman–Crippen LogP) is 0.961. The molecule has 5 heteroatoms. The first kappa shape index (κ1) is 10.4. The summed E-state index contributed by atoms with van der Waals surface area (Å²) in [5, 5.41) is 4.52. The van der Waals surface area contributed by atoms with Gasteiger partial charge in [-0.1, -0.05) is 0 Å². The van der Waals surface area contributed by atoms with E-state index < -0.39 is 0 Å². The van der Waals surface area contributed by atoms with E-state index in [0.717, 1.165) is 37.1 Å². The molecule has 1 fully saturated rings. The van der Waals surface area contributed by atoms with E-state index in [2.05, 4.69) is 22.0 Å². The second kappa shape index (κ2) is 3.92. The van der Waals surface area contributed by atoms with E-state index in [-0.39, 0.29) is 0 Å². The number of aromatic nitrogens is 3. The van der Waals surface area contributed by atoms with E-state index in [0.29, 0.717) is 11.6 Å². The van der Waals surface area contributed by atoms with Crippen LogP contribution in [0.3, 0.4) is 0 Å². The van der Waals surface area contributed by atoms with Crippen molar-refractivity contribution in [2.45, 2.75) is 12.3 Å². The summed E-state index contributed by atoms with van der Waals surface area (Å²) in [6.45, 7) is 2.14. The molecule has 0 bridgehead atoms. The Morgan fingerprint density at radius 3 is 3.06 bits per heavy atom. The van der Waals surface area contributed by atoms with Crippen molar-refractivity contribution in [3.8, 4) is 0 Å². The second-order valence-corrected chi connectivity index (χ2v) is 4.58. The van der Waals surface area contributed by atoms with Crippen LogP contribution >= 0.6 is 0 Å². The Kier molecular flexibility index (Phi) is 2.40. The van der Waals surface area contributed by atoms with Gasteiger partial charge in [0.25, 0.3) is 0 Å². The monoisotopic (exact) mass is 230 g/mol. The minimum atomic E-state index is 0.464. The van der Waals surface area contributed by atoms with Crippen LogP contribution in [-0.4, -0.2) is 45.9 Å². The predicted molar refractivity (Wildman–Crippen MR) is 63.2 cm³/mol. The van der Waals surface area contributed by atoms with E-state index >= 15 is 0 Å². The number of hydrogen-bond acceptors (Lipinski definition) is 4. The van der Waals surface area contributed by atoms with Crippen molar-refractivity contribution in [1.29, 1.82) is 0 Å². The molecule has 0 spiro atoms. The molecule has 0 saturated carbocycles. The van der Waals surface area contributed by atoms with Crippen molar-refractivity contribution in [2.75, 3.05) is 20.1 Å². The molecule has 0 aliphatic carbocycles. The van der Waals surface area contributed by atoms with Crippen molar-refractivity contribution in [1.82, 2.24) is 19.5 Å². The highest BCUT2D eigenvalue weighted by atomic mass is 16.1. The maximum Gasteiger partial charge on any atom is 0.170 e. The number of nitrogens with zero attached hydrogens (tertiary/aromatic N) is 4. The van der Waals surface area contributed by atoms with Gasteiger partial charge in [0, 0.05) is 12.5 Å². The summed E-state index contributed by atoms with van der Waals surface area (Å²) in [5.41, 5.74) is 2.28. The normalized spacial score (nSPS) is 21.1. The molecule has 0 N–H and O–H groups in total. The molecule has 3 heterocycles. The van der Waals surface area contributed by atoms with Crippen LogP contribution in [0.4, 0.5) is 0 Å². The minimum Gasteiger partial charge on any atom is -0.306 e. The average Bonchev–Trinajstić information content (AvgIpc) is 2.94. The molecule has 0 aromatic carbocycles. The van der Waals surface area contributed by atoms with E-state index in [1.54, 1.807) is 10.7 Å². The molecule has 1 saturated heterocycles. The molecular weight excluding hydrogens is 216 g/mol. The second-order valence-electron chi connectivity index (χ2n) is 4.58. The van der Waals surface area contributed by atoms with E-state index in [4.69, 9.17) is 0 Å². The number of carbonyl (C=O) groups is 1. The molecular formula is C12H14N4O. The van der Waals surface area contributed by atoms with Crippen molar-refractivity contribution < 1.29 is 4.79 Å². The lowest BCUT2D eigenvalue weighted by molar-refractivity contribution is 0.111. The quantitative estimate of drug-likeness (QED) is 0.721. The van der Waals surface area contributed by atoms with Gasteiger partial charge in [0.05, 0.1) is 11.9 Å². The van der Waals surface area contributed by atoms with Gasteiger partial charge in [-0.25, -0.2) is 9.50 Å². The van der Waals surface area contributed by atoms with Crippen LogP contribution < -0.4 is 0 Å². The van der Waals surface area contributed by atoms with Crippen LogP contribution in [0.25, 0.3) is 5.65 Å². The number of carbonyl (C=O) groups excluding carboxylic acids is 1. The third-order valence-electron chi connectivity index (χ3n) is 3.34. The molecule has 1 aliphatic rings. The van der Waals surface area contributed by atoms with Gasteiger partial charge >= 0.3 is 0 Å². The lowest BCUT2D eigenvalue weighted by atomic mass is 10.1. The van der Waals surface area contributed by atoms with Crippen molar-refractivity contribution in [2.24, 2.45) is 0 Å². The van der Waals surface area contributed by atoms with E-state index in [9.17, 15) is 4.79 Å². The van der Waals surface area contributed by atoms with Gasteiger partial charge in [0.1, 0.15) is 5.69 Å². The number of likely N-dealkylation sites (N-methyl/N-ethyl adjacent to an activating group) is 1. The molecule has 1 unspecified atom stereocenters. The first-order chi connectivity index (χ1) is 8.28. The van der Waals surface area contributed by atoms with Crippen LogP contribution in [0, 0.1) is 0 Å². The highest BCUT2D eigenvalue weighted by Crippen LogP contribution is 2.24. The minimum absolute atomic E-state index is 0.464. The summed E-state index contributed by atoms with van der Waals surface area (Å²) in [6.07, 6.45) is 3.47. The fourth-order valence-electron chi connectivity index (χ4n) is 2.38. The van der Waals surface area contributed by atoms with Gasteiger partial charge in [-0.05, 0) is 32.1 Å². The number of rotatable bonds is 2. The molecule has 1 atom stereocenters. The molecule has 0 amide bonds. The van der Waals surface area contributed by atoms with Crippen molar-refractivity contribution in [3.05, 3.63) is 29.7 Å². The molecule has 17 heavy (non-hydrogen) atoms. The van der Waals surface area contributed by atoms with Gasteiger partial charge in [-0.15, -0.1) is 0 Å². The lowest BCUT2D eigenvalue weighted by Crippen LogP contribution is -2.14. The Balaban J connectivity index is 2.03. The summed E-state index contributed by atoms with van der Waals surface area (Å²) < 4.78 is 1.63. The zero-order valence-electron chi connectivity index (χ0n) is 9.71. The van der Waals surface area contributed by atoms with Gasteiger partial charge in [0.15, 0.2) is 11.9 Å². The molecule has 2 aromatic heterocycles. The largest absolute Gasteiger partial charge is 0.306 e. The average molecular weight is 230 g/mol. The number of aldehydes is 1. The van der Waals surface area contributed by atoms with Crippen LogP contribution in [0.2, 0.25) is 0 Å². The Morgan fingerprint density at radius 1 is 1.47 bits per heavy atom. The summed E-state index contributed by atoms with van der Waals surface area (Å²) >= 11 is 0. The molecule has 2 aromatic rings. The molecule has 1 aliphatic heterocycles. The molecule has 5 nitrogen and oxygen atoms in total. The van der Waals surface area contributed by atoms with Gasteiger partial charge in [0.2, 0.25) is 0 Å².